The molecule has 2 unspecified atom stereocenters. The van der Waals surface area contributed by atoms with Crippen molar-refractivity contribution in [1.29, 1.82) is 5.41 Å². The van der Waals surface area contributed by atoms with E-state index in [1.54, 1.807) is 12.2 Å². The van der Waals surface area contributed by atoms with Gasteiger partial charge in [-0.2, -0.15) is 0 Å². The molecule has 32 heavy (non-hydrogen) atoms. The number of allylic oxidation sites excluding steroid dienone is 3. The van der Waals surface area contributed by atoms with Crippen molar-refractivity contribution in [2.45, 2.75) is 38.0 Å². The molecule has 0 bridgehead atoms. The standard InChI is InChI=1S/C24H31ClFN5O/c1-16(20-7-5-18(25)13-21(20)26)29-23-14-19(6-4-17(23)15-27)30-9-11-31(12-10-30)24(32)22-3-2-8-28-22/h4-7,13-16,20-22,27-29H,2-3,8-12H2,1H3/t16-,20?,21?,22-/m1/s1. The van der Waals surface area contributed by atoms with Gasteiger partial charge in [0, 0.05) is 66.3 Å². The van der Waals surface area contributed by atoms with E-state index < -0.39 is 6.17 Å². The van der Waals surface area contributed by atoms with Crippen LogP contribution >= 0.6 is 11.6 Å². The monoisotopic (exact) mass is 459 g/mol. The molecule has 8 heteroatoms. The molecule has 1 amide bonds. The van der Waals surface area contributed by atoms with Crippen molar-refractivity contribution in [3.05, 3.63) is 47.0 Å². The smallest absolute Gasteiger partial charge is 0.239 e. The molecule has 0 radical (unpaired) electrons. The van der Waals surface area contributed by atoms with Crippen LogP contribution in [0, 0.1) is 11.3 Å². The normalized spacial score (nSPS) is 26.6. The first-order valence-corrected chi connectivity index (χ1v) is 11.7. The van der Waals surface area contributed by atoms with Gasteiger partial charge in [0.15, 0.2) is 0 Å². The second kappa shape index (κ2) is 10.0. The fraction of sp³-hybridized carbons (Fsp3) is 0.500. The maximum absolute atomic E-state index is 14.5. The first kappa shape index (κ1) is 22.8. The minimum Gasteiger partial charge on any atom is -0.381 e. The summed E-state index contributed by atoms with van der Waals surface area (Å²) >= 11 is 5.91. The number of amides is 1. The number of nitrogens with zero attached hydrogens (tertiary/aromatic N) is 2. The maximum atomic E-state index is 14.5. The Morgan fingerprint density at radius 3 is 2.78 bits per heavy atom. The van der Waals surface area contributed by atoms with Crippen LogP contribution in [0.1, 0.15) is 25.3 Å². The van der Waals surface area contributed by atoms with Gasteiger partial charge in [-0.3, -0.25) is 4.79 Å². The minimum absolute atomic E-state index is 0.0244. The minimum atomic E-state index is -1.15. The van der Waals surface area contributed by atoms with E-state index in [0.29, 0.717) is 18.1 Å². The molecule has 4 atom stereocenters. The number of alkyl halides is 1. The Balaban J connectivity index is 1.41. The van der Waals surface area contributed by atoms with Crippen LogP contribution in [0.4, 0.5) is 15.8 Å². The molecule has 3 aliphatic rings. The number of anilines is 2. The topological polar surface area (TPSA) is 71.5 Å². The number of carbonyl (C=O) groups excluding carboxylic acids is 1. The Kier molecular flexibility index (Phi) is 7.16. The lowest BCUT2D eigenvalue weighted by atomic mass is 9.91. The maximum Gasteiger partial charge on any atom is 0.239 e. The average molecular weight is 460 g/mol. The molecule has 0 aromatic heterocycles. The molecule has 1 aromatic carbocycles. The van der Waals surface area contributed by atoms with Crippen molar-refractivity contribution in [2.75, 3.05) is 42.9 Å². The van der Waals surface area contributed by atoms with Crippen LogP contribution in [0.15, 0.2) is 41.5 Å². The van der Waals surface area contributed by atoms with E-state index in [1.807, 2.05) is 30.0 Å². The molecule has 0 spiro atoms. The largest absolute Gasteiger partial charge is 0.381 e. The average Bonchev–Trinajstić information content (AvgIpc) is 3.33. The van der Waals surface area contributed by atoms with Gasteiger partial charge in [0.2, 0.25) is 5.91 Å². The van der Waals surface area contributed by atoms with Crippen molar-refractivity contribution < 1.29 is 9.18 Å². The number of hydrogen-bond acceptors (Lipinski definition) is 5. The van der Waals surface area contributed by atoms with E-state index in [9.17, 15) is 9.18 Å². The van der Waals surface area contributed by atoms with Crippen molar-refractivity contribution >= 4 is 35.1 Å². The molecule has 3 N–H and O–H groups in total. The summed E-state index contributed by atoms with van der Waals surface area (Å²) in [5, 5.41) is 14.9. The summed E-state index contributed by atoms with van der Waals surface area (Å²) in [7, 11) is 0. The van der Waals surface area contributed by atoms with Crippen LogP contribution in [-0.4, -0.2) is 68.0 Å². The highest BCUT2D eigenvalue weighted by atomic mass is 35.5. The third-order valence-corrected chi connectivity index (χ3v) is 6.88. The molecule has 1 aromatic rings. The number of hydrogen-bond donors (Lipinski definition) is 3. The van der Waals surface area contributed by atoms with E-state index >= 15 is 0 Å². The summed E-state index contributed by atoms with van der Waals surface area (Å²) in [5.74, 6) is -0.119. The number of nitrogens with one attached hydrogen (secondary N) is 3. The lowest BCUT2D eigenvalue weighted by Gasteiger charge is -2.37. The molecule has 0 saturated carbocycles. The summed E-state index contributed by atoms with van der Waals surface area (Å²) in [5.41, 5.74) is 2.60. The zero-order valence-corrected chi connectivity index (χ0v) is 19.1. The Morgan fingerprint density at radius 2 is 2.12 bits per heavy atom. The number of benzene rings is 1. The van der Waals surface area contributed by atoms with Gasteiger partial charge in [-0.05, 0) is 56.7 Å². The Hall–Kier alpha value is -2.38. The Labute approximate surface area is 194 Å². The van der Waals surface area contributed by atoms with Crippen LogP contribution in [0.2, 0.25) is 0 Å². The fourth-order valence-corrected chi connectivity index (χ4v) is 4.90. The Bertz CT molecular complexity index is 906. The molecule has 172 valence electrons. The van der Waals surface area contributed by atoms with Crippen LogP contribution in [0.25, 0.3) is 0 Å². The Morgan fingerprint density at radius 1 is 1.34 bits per heavy atom. The summed E-state index contributed by atoms with van der Waals surface area (Å²) in [6, 6.07) is 5.74. The van der Waals surface area contributed by atoms with Gasteiger partial charge in [0.1, 0.15) is 6.17 Å². The van der Waals surface area contributed by atoms with Crippen LogP contribution < -0.4 is 15.5 Å². The summed E-state index contributed by atoms with van der Waals surface area (Å²) in [4.78, 5) is 16.9. The quantitative estimate of drug-likeness (QED) is 0.569. The molecular formula is C24H31ClFN5O. The van der Waals surface area contributed by atoms with E-state index in [-0.39, 0.29) is 23.9 Å². The molecule has 2 heterocycles. The lowest BCUT2D eigenvalue weighted by Crippen LogP contribution is -2.53. The van der Waals surface area contributed by atoms with Crippen molar-refractivity contribution in [1.82, 2.24) is 10.2 Å². The number of piperazine rings is 1. The number of rotatable bonds is 6. The SMILES string of the molecule is C[C@@H](Nc1cc(N2CCN(C(=O)[C@H]3CCCN3)CC2)ccc1C=N)C1C=CC(Cl)=CC1F. The molecule has 2 fully saturated rings. The molecule has 2 aliphatic heterocycles. The number of halogens is 2. The predicted molar refractivity (Wildman–Crippen MR) is 129 cm³/mol. The van der Waals surface area contributed by atoms with Crippen molar-refractivity contribution in [3.63, 3.8) is 0 Å². The second-order valence-electron chi connectivity index (χ2n) is 8.74. The fourth-order valence-electron chi connectivity index (χ4n) is 4.70. The second-order valence-corrected chi connectivity index (χ2v) is 9.18. The highest BCUT2D eigenvalue weighted by Crippen LogP contribution is 2.29. The highest BCUT2D eigenvalue weighted by Gasteiger charge is 2.30. The molecule has 6 nitrogen and oxygen atoms in total. The number of carbonyl (C=O) groups is 1. The van der Waals surface area contributed by atoms with E-state index in [0.717, 1.165) is 49.4 Å². The van der Waals surface area contributed by atoms with Crippen molar-refractivity contribution in [3.8, 4) is 0 Å². The third kappa shape index (κ3) is 4.99. The summed E-state index contributed by atoms with van der Waals surface area (Å²) in [6.45, 7) is 5.79. The van der Waals surface area contributed by atoms with Gasteiger partial charge in [0.05, 0.1) is 6.04 Å². The molecular weight excluding hydrogens is 429 g/mol. The zero-order chi connectivity index (χ0) is 22.7. The van der Waals surface area contributed by atoms with Gasteiger partial charge >= 0.3 is 0 Å². The molecule has 4 rings (SSSR count). The zero-order valence-electron chi connectivity index (χ0n) is 18.4. The van der Waals surface area contributed by atoms with Crippen LogP contribution in [0.3, 0.4) is 0 Å². The van der Waals surface area contributed by atoms with Crippen LogP contribution in [0.5, 0.6) is 0 Å². The van der Waals surface area contributed by atoms with Gasteiger partial charge in [0.25, 0.3) is 0 Å². The molecule has 1 aliphatic carbocycles. The van der Waals surface area contributed by atoms with Crippen molar-refractivity contribution in [2.24, 2.45) is 5.92 Å². The summed E-state index contributed by atoms with van der Waals surface area (Å²) in [6.07, 6.45) is 7.11. The van der Waals surface area contributed by atoms with E-state index in [1.165, 1.54) is 12.3 Å². The molecule has 2 saturated heterocycles. The third-order valence-electron chi connectivity index (χ3n) is 6.63. The van der Waals surface area contributed by atoms with E-state index in [2.05, 4.69) is 15.5 Å². The predicted octanol–water partition coefficient (Wildman–Crippen LogP) is 3.53. The van der Waals surface area contributed by atoms with Gasteiger partial charge in [-0.1, -0.05) is 17.7 Å². The highest BCUT2D eigenvalue weighted by molar-refractivity contribution is 6.31. The van der Waals surface area contributed by atoms with Crippen LogP contribution in [-0.2, 0) is 4.79 Å². The summed E-state index contributed by atoms with van der Waals surface area (Å²) < 4.78 is 14.5. The first-order valence-electron chi connectivity index (χ1n) is 11.3. The first-order chi connectivity index (χ1) is 15.5. The lowest BCUT2D eigenvalue weighted by molar-refractivity contribution is -0.133. The van der Waals surface area contributed by atoms with Gasteiger partial charge in [-0.15, -0.1) is 0 Å². The van der Waals surface area contributed by atoms with Gasteiger partial charge < -0.3 is 25.8 Å². The van der Waals surface area contributed by atoms with E-state index in [4.69, 9.17) is 17.0 Å². The van der Waals surface area contributed by atoms with Gasteiger partial charge in [-0.25, -0.2) is 4.39 Å².